The Balaban J connectivity index is 1.89. The molecule has 0 spiro atoms. The van der Waals surface area contributed by atoms with Crippen LogP contribution in [0, 0.1) is 5.41 Å². The fraction of sp³-hybridized carbons (Fsp3) is 0.667. The SMILES string of the molecule is CCCNC1CCC(C)(Cc2ccncc2)C1. The Labute approximate surface area is 105 Å². The summed E-state index contributed by atoms with van der Waals surface area (Å²) in [6.07, 6.45) is 10.2. The van der Waals surface area contributed by atoms with Gasteiger partial charge in [0.05, 0.1) is 0 Å². The summed E-state index contributed by atoms with van der Waals surface area (Å²) < 4.78 is 0. The molecule has 0 radical (unpaired) electrons. The predicted molar refractivity (Wildman–Crippen MR) is 72.0 cm³/mol. The topological polar surface area (TPSA) is 24.9 Å². The average Bonchev–Trinajstić information content (AvgIpc) is 2.69. The van der Waals surface area contributed by atoms with Crippen LogP contribution in [-0.2, 0) is 6.42 Å². The van der Waals surface area contributed by atoms with Crippen LogP contribution in [0.15, 0.2) is 24.5 Å². The first kappa shape index (κ1) is 12.6. The van der Waals surface area contributed by atoms with Gasteiger partial charge in [-0.1, -0.05) is 13.8 Å². The molecule has 1 aromatic rings. The molecule has 0 aromatic carbocycles. The third kappa shape index (κ3) is 3.53. The van der Waals surface area contributed by atoms with E-state index in [0.717, 1.165) is 12.6 Å². The second kappa shape index (κ2) is 5.63. The zero-order valence-electron chi connectivity index (χ0n) is 11.1. The molecule has 0 bridgehead atoms. The molecule has 1 heterocycles. The van der Waals surface area contributed by atoms with Crippen molar-refractivity contribution in [2.45, 2.75) is 52.0 Å². The quantitative estimate of drug-likeness (QED) is 0.843. The third-order valence-electron chi connectivity index (χ3n) is 3.90. The van der Waals surface area contributed by atoms with Crippen molar-refractivity contribution < 1.29 is 0 Å². The molecular weight excluding hydrogens is 208 g/mol. The van der Waals surface area contributed by atoms with E-state index in [9.17, 15) is 0 Å². The van der Waals surface area contributed by atoms with E-state index in [1.54, 1.807) is 0 Å². The van der Waals surface area contributed by atoms with Crippen molar-refractivity contribution in [3.8, 4) is 0 Å². The molecule has 94 valence electrons. The van der Waals surface area contributed by atoms with E-state index in [1.165, 1.54) is 37.7 Å². The van der Waals surface area contributed by atoms with Gasteiger partial charge < -0.3 is 5.32 Å². The monoisotopic (exact) mass is 232 g/mol. The third-order valence-corrected chi connectivity index (χ3v) is 3.90. The lowest BCUT2D eigenvalue weighted by atomic mass is 9.82. The van der Waals surface area contributed by atoms with E-state index >= 15 is 0 Å². The zero-order chi connectivity index (χ0) is 12.1. The Morgan fingerprint density at radius 3 is 2.88 bits per heavy atom. The maximum absolute atomic E-state index is 4.09. The van der Waals surface area contributed by atoms with E-state index in [-0.39, 0.29) is 0 Å². The smallest absolute Gasteiger partial charge is 0.0270 e. The van der Waals surface area contributed by atoms with Crippen LogP contribution in [0.5, 0.6) is 0 Å². The normalized spacial score (nSPS) is 28.5. The molecule has 0 amide bonds. The molecule has 1 aromatic heterocycles. The summed E-state index contributed by atoms with van der Waals surface area (Å²) in [5, 5.41) is 3.66. The lowest BCUT2D eigenvalue weighted by Gasteiger charge is -2.24. The van der Waals surface area contributed by atoms with E-state index < -0.39 is 0 Å². The Kier molecular flexibility index (Phi) is 4.16. The zero-order valence-corrected chi connectivity index (χ0v) is 11.1. The lowest BCUT2D eigenvalue weighted by molar-refractivity contribution is 0.322. The van der Waals surface area contributed by atoms with Crippen molar-refractivity contribution in [3.05, 3.63) is 30.1 Å². The van der Waals surface area contributed by atoms with Gasteiger partial charge >= 0.3 is 0 Å². The van der Waals surface area contributed by atoms with Gasteiger partial charge in [-0.25, -0.2) is 0 Å². The van der Waals surface area contributed by atoms with Crippen LogP contribution >= 0.6 is 0 Å². The van der Waals surface area contributed by atoms with E-state index in [4.69, 9.17) is 0 Å². The summed E-state index contributed by atoms with van der Waals surface area (Å²) in [4.78, 5) is 4.09. The van der Waals surface area contributed by atoms with Gasteiger partial charge in [0.15, 0.2) is 0 Å². The molecule has 2 rings (SSSR count). The minimum absolute atomic E-state index is 0.479. The molecule has 1 fully saturated rings. The number of aromatic nitrogens is 1. The molecule has 17 heavy (non-hydrogen) atoms. The standard InChI is InChI=1S/C15H24N2/c1-3-8-17-14-4-7-15(2,12-14)11-13-5-9-16-10-6-13/h5-6,9-10,14,17H,3-4,7-8,11-12H2,1-2H3. The Hall–Kier alpha value is -0.890. The minimum Gasteiger partial charge on any atom is -0.314 e. The van der Waals surface area contributed by atoms with Crippen LogP contribution < -0.4 is 5.32 Å². The van der Waals surface area contributed by atoms with Crippen LogP contribution in [0.3, 0.4) is 0 Å². The second-order valence-electron chi connectivity index (χ2n) is 5.74. The van der Waals surface area contributed by atoms with Crippen LogP contribution in [0.25, 0.3) is 0 Å². The highest BCUT2D eigenvalue weighted by atomic mass is 14.9. The molecule has 0 aliphatic heterocycles. The van der Waals surface area contributed by atoms with Gasteiger partial charge in [-0.05, 0) is 61.8 Å². The molecule has 2 unspecified atom stereocenters. The molecule has 2 nitrogen and oxygen atoms in total. The maximum atomic E-state index is 4.09. The largest absolute Gasteiger partial charge is 0.314 e. The Morgan fingerprint density at radius 2 is 2.18 bits per heavy atom. The number of hydrogen-bond acceptors (Lipinski definition) is 2. The average molecular weight is 232 g/mol. The number of rotatable bonds is 5. The first-order chi connectivity index (χ1) is 8.22. The van der Waals surface area contributed by atoms with Gasteiger partial charge in [0, 0.05) is 18.4 Å². The molecule has 1 aliphatic rings. The van der Waals surface area contributed by atoms with Crippen LogP contribution in [-0.4, -0.2) is 17.6 Å². The van der Waals surface area contributed by atoms with E-state index in [2.05, 4.69) is 36.3 Å². The first-order valence-corrected chi connectivity index (χ1v) is 6.84. The molecule has 2 heteroatoms. The molecule has 2 atom stereocenters. The highest BCUT2D eigenvalue weighted by molar-refractivity contribution is 5.13. The number of nitrogens with zero attached hydrogens (tertiary/aromatic N) is 1. The molecule has 1 saturated carbocycles. The lowest BCUT2D eigenvalue weighted by Crippen LogP contribution is -2.28. The van der Waals surface area contributed by atoms with Gasteiger partial charge in [0.25, 0.3) is 0 Å². The number of nitrogens with one attached hydrogen (secondary N) is 1. The maximum Gasteiger partial charge on any atom is 0.0270 e. The highest BCUT2D eigenvalue weighted by Gasteiger charge is 2.34. The van der Waals surface area contributed by atoms with Gasteiger partial charge in [0.1, 0.15) is 0 Å². The summed E-state index contributed by atoms with van der Waals surface area (Å²) in [6, 6.07) is 5.04. The summed E-state index contributed by atoms with van der Waals surface area (Å²) in [5.41, 5.74) is 1.91. The Bertz CT molecular complexity index is 336. The first-order valence-electron chi connectivity index (χ1n) is 6.84. The van der Waals surface area contributed by atoms with Crippen LogP contribution in [0.1, 0.15) is 45.1 Å². The summed E-state index contributed by atoms with van der Waals surface area (Å²) in [5.74, 6) is 0. The van der Waals surface area contributed by atoms with Crippen molar-refractivity contribution in [2.75, 3.05) is 6.54 Å². The van der Waals surface area contributed by atoms with Crippen molar-refractivity contribution in [2.24, 2.45) is 5.41 Å². The second-order valence-corrected chi connectivity index (χ2v) is 5.74. The van der Waals surface area contributed by atoms with Gasteiger partial charge in [-0.15, -0.1) is 0 Å². The molecule has 1 N–H and O–H groups in total. The fourth-order valence-corrected chi connectivity index (χ4v) is 3.00. The van der Waals surface area contributed by atoms with Crippen molar-refractivity contribution >= 4 is 0 Å². The molecular formula is C15H24N2. The van der Waals surface area contributed by atoms with Crippen molar-refractivity contribution in [1.29, 1.82) is 0 Å². The van der Waals surface area contributed by atoms with Crippen molar-refractivity contribution in [1.82, 2.24) is 10.3 Å². The van der Waals surface area contributed by atoms with Gasteiger partial charge in [-0.3, -0.25) is 4.98 Å². The van der Waals surface area contributed by atoms with E-state index in [0.29, 0.717) is 5.41 Å². The predicted octanol–water partition coefficient (Wildman–Crippen LogP) is 3.18. The summed E-state index contributed by atoms with van der Waals surface area (Å²) in [7, 11) is 0. The number of hydrogen-bond donors (Lipinski definition) is 1. The minimum atomic E-state index is 0.479. The van der Waals surface area contributed by atoms with Crippen LogP contribution in [0.2, 0.25) is 0 Å². The highest BCUT2D eigenvalue weighted by Crippen LogP contribution is 2.40. The van der Waals surface area contributed by atoms with Crippen molar-refractivity contribution in [3.63, 3.8) is 0 Å². The Morgan fingerprint density at radius 1 is 1.41 bits per heavy atom. The fourth-order valence-electron chi connectivity index (χ4n) is 3.00. The van der Waals surface area contributed by atoms with Gasteiger partial charge in [0.2, 0.25) is 0 Å². The molecule has 0 saturated heterocycles. The summed E-state index contributed by atoms with van der Waals surface area (Å²) >= 11 is 0. The van der Waals surface area contributed by atoms with Crippen LogP contribution in [0.4, 0.5) is 0 Å². The van der Waals surface area contributed by atoms with E-state index in [1.807, 2.05) is 12.4 Å². The number of pyridine rings is 1. The summed E-state index contributed by atoms with van der Waals surface area (Å²) in [6.45, 7) is 5.83. The van der Waals surface area contributed by atoms with Gasteiger partial charge in [-0.2, -0.15) is 0 Å². The molecule has 1 aliphatic carbocycles.